The molecule has 0 atom stereocenters. The summed E-state index contributed by atoms with van der Waals surface area (Å²) in [6, 6.07) is 9.42. The van der Waals surface area contributed by atoms with Gasteiger partial charge in [0.05, 0.1) is 20.3 Å². The second-order valence-electron chi connectivity index (χ2n) is 7.36. The quantitative estimate of drug-likeness (QED) is 0.627. The van der Waals surface area contributed by atoms with E-state index < -0.39 is 5.97 Å². The lowest BCUT2D eigenvalue weighted by molar-refractivity contribution is -0.147. The number of ether oxygens (including phenoxy) is 2. The van der Waals surface area contributed by atoms with Gasteiger partial charge in [0, 0.05) is 37.3 Å². The van der Waals surface area contributed by atoms with Crippen LogP contribution in [0.4, 0.5) is 5.95 Å². The van der Waals surface area contributed by atoms with Gasteiger partial charge in [0.2, 0.25) is 11.9 Å². The Morgan fingerprint density at radius 2 is 1.94 bits per heavy atom. The molecule has 0 spiro atoms. The number of methoxy groups -OCH3 is 1. The highest BCUT2D eigenvalue weighted by atomic mass is 16.5. The monoisotopic (exact) mass is 428 g/mol. The number of hydrogen-bond donors (Lipinski definition) is 1. The third-order valence-corrected chi connectivity index (χ3v) is 5.23. The number of morpholine rings is 1. The highest BCUT2D eigenvalue weighted by Gasteiger charge is 2.20. The van der Waals surface area contributed by atoms with Gasteiger partial charge >= 0.3 is 5.97 Å². The van der Waals surface area contributed by atoms with Crippen LogP contribution in [0.25, 0.3) is 0 Å². The molecule has 9 nitrogen and oxygen atoms in total. The van der Waals surface area contributed by atoms with Crippen molar-refractivity contribution in [2.45, 2.75) is 26.3 Å². The Kier molecular flexibility index (Phi) is 7.77. The van der Waals surface area contributed by atoms with Crippen molar-refractivity contribution in [3.8, 4) is 0 Å². The average molecular weight is 428 g/mol. The number of rotatable bonds is 8. The number of nitrogens with one attached hydrogen (secondary N) is 1. The summed E-state index contributed by atoms with van der Waals surface area (Å²) in [7, 11) is 1.29. The topological polar surface area (TPSA) is 105 Å². The number of amides is 1. The molecule has 166 valence electrons. The summed E-state index contributed by atoms with van der Waals surface area (Å²) in [4.78, 5) is 48.1. The van der Waals surface area contributed by atoms with Crippen molar-refractivity contribution in [3.05, 3.63) is 57.5 Å². The summed E-state index contributed by atoms with van der Waals surface area (Å²) < 4.78 is 10.1. The van der Waals surface area contributed by atoms with Crippen LogP contribution in [0.15, 0.2) is 35.1 Å². The molecule has 31 heavy (non-hydrogen) atoms. The SMILES string of the molecule is COC(=O)CN(Cc1ccccc1)C(=O)CCc1c(C)nc(N2CCOCC2)[nH]c1=O. The number of benzene rings is 1. The largest absolute Gasteiger partial charge is 0.468 e. The first-order chi connectivity index (χ1) is 15.0. The maximum Gasteiger partial charge on any atom is 0.325 e. The molecule has 2 aromatic rings. The molecule has 2 heterocycles. The van der Waals surface area contributed by atoms with Crippen LogP contribution in [-0.2, 0) is 32.0 Å². The van der Waals surface area contributed by atoms with Crippen LogP contribution in [0.1, 0.15) is 23.2 Å². The number of aromatic amines is 1. The minimum absolute atomic E-state index is 0.0896. The number of anilines is 1. The van der Waals surface area contributed by atoms with Gasteiger partial charge in [0.15, 0.2) is 0 Å². The second-order valence-corrected chi connectivity index (χ2v) is 7.36. The molecule has 1 aliphatic heterocycles. The van der Waals surface area contributed by atoms with Crippen molar-refractivity contribution in [1.29, 1.82) is 0 Å². The first kappa shape index (κ1) is 22.5. The van der Waals surface area contributed by atoms with E-state index in [1.807, 2.05) is 35.2 Å². The Morgan fingerprint density at radius 3 is 2.58 bits per heavy atom. The molecule has 1 amide bonds. The third-order valence-electron chi connectivity index (χ3n) is 5.23. The molecular formula is C22H28N4O5. The molecule has 9 heteroatoms. The van der Waals surface area contributed by atoms with Crippen LogP contribution in [-0.4, -0.2) is 66.7 Å². The van der Waals surface area contributed by atoms with Crippen molar-refractivity contribution in [2.24, 2.45) is 0 Å². The van der Waals surface area contributed by atoms with Crippen molar-refractivity contribution in [1.82, 2.24) is 14.9 Å². The van der Waals surface area contributed by atoms with Crippen LogP contribution in [0, 0.1) is 6.92 Å². The van der Waals surface area contributed by atoms with E-state index in [4.69, 9.17) is 9.47 Å². The zero-order chi connectivity index (χ0) is 22.2. The molecule has 1 aliphatic rings. The Hall–Kier alpha value is -3.20. The first-order valence-corrected chi connectivity index (χ1v) is 10.3. The van der Waals surface area contributed by atoms with Crippen LogP contribution in [0.5, 0.6) is 0 Å². The fraction of sp³-hybridized carbons (Fsp3) is 0.455. The number of aromatic nitrogens is 2. The van der Waals surface area contributed by atoms with Crippen molar-refractivity contribution < 1.29 is 19.1 Å². The zero-order valence-electron chi connectivity index (χ0n) is 17.9. The van der Waals surface area contributed by atoms with E-state index in [-0.39, 0.29) is 30.9 Å². The Labute approximate surface area is 181 Å². The number of aryl methyl sites for hydroxylation is 1. The molecule has 0 bridgehead atoms. The van der Waals surface area contributed by atoms with Crippen LogP contribution in [0.3, 0.4) is 0 Å². The maximum atomic E-state index is 12.9. The number of hydrogen-bond acceptors (Lipinski definition) is 7. The van der Waals surface area contributed by atoms with Gasteiger partial charge in [-0.2, -0.15) is 0 Å². The molecule has 1 saturated heterocycles. The number of H-pyrrole nitrogens is 1. The highest BCUT2D eigenvalue weighted by molar-refractivity contribution is 5.82. The fourth-order valence-corrected chi connectivity index (χ4v) is 3.46. The molecule has 1 fully saturated rings. The maximum absolute atomic E-state index is 12.9. The average Bonchev–Trinajstić information content (AvgIpc) is 2.79. The summed E-state index contributed by atoms with van der Waals surface area (Å²) in [5.41, 5.74) is 1.73. The van der Waals surface area contributed by atoms with Gasteiger partial charge in [-0.1, -0.05) is 30.3 Å². The zero-order valence-corrected chi connectivity index (χ0v) is 17.9. The minimum atomic E-state index is -0.491. The molecule has 1 aromatic carbocycles. The normalized spacial score (nSPS) is 13.7. The van der Waals surface area contributed by atoms with Crippen LogP contribution < -0.4 is 10.5 Å². The first-order valence-electron chi connectivity index (χ1n) is 10.3. The van der Waals surface area contributed by atoms with Gasteiger partial charge in [-0.05, 0) is 18.9 Å². The van der Waals surface area contributed by atoms with E-state index in [9.17, 15) is 14.4 Å². The summed E-state index contributed by atoms with van der Waals surface area (Å²) in [5.74, 6) is -0.197. The standard InChI is InChI=1S/C22H28N4O5/c1-16-18(21(29)24-22(23-16)25-10-12-31-13-11-25)8-9-19(27)26(15-20(28)30-2)14-17-6-4-3-5-7-17/h3-7H,8-15H2,1-2H3,(H,23,24,29). The van der Waals surface area contributed by atoms with E-state index >= 15 is 0 Å². The molecule has 0 saturated carbocycles. The van der Waals surface area contributed by atoms with Gasteiger partial charge in [0.1, 0.15) is 6.54 Å². The van der Waals surface area contributed by atoms with E-state index in [0.717, 1.165) is 5.56 Å². The van der Waals surface area contributed by atoms with Crippen LogP contribution >= 0.6 is 0 Å². The van der Waals surface area contributed by atoms with E-state index in [1.165, 1.54) is 12.0 Å². The van der Waals surface area contributed by atoms with E-state index in [0.29, 0.717) is 50.1 Å². The van der Waals surface area contributed by atoms with Gasteiger partial charge in [-0.15, -0.1) is 0 Å². The Balaban J connectivity index is 1.69. The van der Waals surface area contributed by atoms with Crippen molar-refractivity contribution >= 4 is 17.8 Å². The van der Waals surface area contributed by atoms with Gasteiger partial charge < -0.3 is 19.3 Å². The van der Waals surface area contributed by atoms with Gasteiger partial charge in [0.25, 0.3) is 5.56 Å². The van der Waals surface area contributed by atoms with E-state index in [2.05, 4.69) is 9.97 Å². The molecule has 0 unspecified atom stereocenters. The van der Waals surface area contributed by atoms with Gasteiger partial charge in [-0.3, -0.25) is 19.4 Å². The lowest BCUT2D eigenvalue weighted by Gasteiger charge is -2.27. The predicted octanol–water partition coefficient (Wildman–Crippen LogP) is 1.05. The molecule has 1 aromatic heterocycles. The highest BCUT2D eigenvalue weighted by Crippen LogP contribution is 2.13. The number of carbonyl (C=O) groups excluding carboxylic acids is 2. The molecule has 0 aliphatic carbocycles. The Morgan fingerprint density at radius 1 is 1.23 bits per heavy atom. The Bertz CT molecular complexity index is 954. The second kappa shape index (κ2) is 10.7. The lowest BCUT2D eigenvalue weighted by Crippen LogP contribution is -2.39. The van der Waals surface area contributed by atoms with Crippen molar-refractivity contribution in [3.63, 3.8) is 0 Å². The molecular weight excluding hydrogens is 400 g/mol. The summed E-state index contributed by atoms with van der Waals surface area (Å²) in [5, 5.41) is 0. The third kappa shape index (κ3) is 6.14. The molecule has 0 radical (unpaired) electrons. The fourth-order valence-electron chi connectivity index (χ4n) is 3.46. The van der Waals surface area contributed by atoms with Gasteiger partial charge in [-0.25, -0.2) is 4.98 Å². The lowest BCUT2D eigenvalue weighted by atomic mass is 10.1. The molecule has 1 N–H and O–H groups in total. The number of nitrogens with zero attached hydrogens (tertiary/aromatic N) is 3. The predicted molar refractivity (Wildman–Crippen MR) is 115 cm³/mol. The number of carbonyl (C=O) groups is 2. The van der Waals surface area contributed by atoms with E-state index in [1.54, 1.807) is 6.92 Å². The summed E-state index contributed by atoms with van der Waals surface area (Å²) in [6.07, 6.45) is 0.329. The van der Waals surface area contributed by atoms with Crippen LogP contribution in [0.2, 0.25) is 0 Å². The summed E-state index contributed by atoms with van der Waals surface area (Å²) >= 11 is 0. The summed E-state index contributed by atoms with van der Waals surface area (Å²) in [6.45, 7) is 4.44. The smallest absolute Gasteiger partial charge is 0.325 e. The number of esters is 1. The van der Waals surface area contributed by atoms with Crippen molar-refractivity contribution in [2.75, 3.05) is 44.9 Å². The minimum Gasteiger partial charge on any atom is -0.468 e. The molecule has 3 rings (SSSR count).